The highest BCUT2D eigenvalue weighted by atomic mass is 32.2. The number of aryl methyl sites for hydroxylation is 1. The Bertz CT molecular complexity index is 1450. The third kappa shape index (κ3) is 12.4. The summed E-state index contributed by atoms with van der Waals surface area (Å²) in [6.45, 7) is 10.9. The average molecular weight is 630 g/mol. The number of sulfonamides is 1. The van der Waals surface area contributed by atoms with Crippen LogP contribution in [0.4, 0.5) is 23.1 Å². The van der Waals surface area contributed by atoms with Crippen molar-refractivity contribution in [2.75, 3.05) is 56.6 Å². The quantitative estimate of drug-likeness (QED) is 0.0468. The van der Waals surface area contributed by atoms with Gasteiger partial charge < -0.3 is 30.7 Å². The number of anilines is 4. The third-order valence-electron chi connectivity index (χ3n) is 5.77. The van der Waals surface area contributed by atoms with Gasteiger partial charge in [-0.1, -0.05) is 6.07 Å². The third-order valence-corrected chi connectivity index (χ3v) is 7.53. The summed E-state index contributed by atoms with van der Waals surface area (Å²) >= 11 is 0. The lowest BCUT2D eigenvalue weighted by molar-refractivity contribution is -0.120. The number of aromatic nitrogens is 2. The van der Waals surface area contributed by atoms with E-state index in [1.165, 1.54) is 0 Å². The number of amides is 1. The van der Waals surface area contributed by atoms with Crippen LogP contribution >= 0.6 is 0 Å². The molecule has 15 heteroatoms. The molecule has 0 bridgehead atoms. The second-order valence-corrected chi connectivity index (χ2v) is 12.5. The second kappa shape index (κ2) is 16.8. The van der Waals surface area contributed by atoms with E-state index in [9.17, 15) is 13.2 Å². The van der Waals surface area contributed by atoms with Crippen LogP contribution in [0.5, 0.6) is 5.75 Å². The molecule has 3 aromatic rings. The second-order valence-electron chi connectivity index (χ2n) is 10.8. The number of hydrogen-bond donors (Lipinski definition) is 7. The van der Waals surface area contributed by atoms with Crippen LogP contribution in [0, 0.1) is 6.92 Å². The van der Waals surface area contributed by atoms with Gasteiger partial charge in [0.25, 0.3) is 0 Å². The van der Waals surface area contributed by atoms with Crippen LogP contribution in [0.3, 0.4) is 0 Å². The van der Waals surface area contributed by atoms with E-state index in [2.05, 4.69) is 36.0 Å². The van der Waals surface area contributed by atoms with Crippen LogP contribution in [0.2, 0.25) is 0 Å². The van der Waals surface area contributed by atoms with Crippen molar-refractivity contribution in [1.82, 2.24) is 30.7 Å². The Hall–Kier alpha value is -3.86. The molecule has 0 fully saturated rings. The van der Waals surface area contributed by atoms with Gasteiger partial charge in [-0.2, -0.15) is 4.98 Å². The molecule has 0 aliphatic carbocycles. The standard InChI is InChI=1S/C29H43N9O5S/c1-21-19-33-28(36-27(21)34-23-6-5-7-25(18-23)44(40,41)38-29(2,3)4)35-22-8-10-24(11-9-22)43-17-14-31-12-15-42-16-13-32-20-26(39)37-30/h5-11,18-19,31-32,38H,12-17,20,30H2,1-4H3,(H,37,39)(H2,33,34,35,36). The van der Waals surface area contributed by atoms with Crippen molar-refractivity contribution < 1.29 is 22.7 Å². The summed E-state index contributed by atoms with van der Waals surface area (Å²) < 4.78 is 39.5. The SMILES string of the molecule is Cc1cnc(Nc2ccc(OCCNCCOCCNCC(=O)NN)cc2)nc1Nc1cccc(S(=O)(=O)NC(C)(C)C)c1. The Morgan fingerprint density at radius 2 is 1.64 bits per heavy atom. The van der Waals surface area contributed by atoms with Gasteiger partial charge in [0.2, 0.25) is 21.9 Å². The highest BCUT2D eigenvalue weighted by Gasteiger charge is 2.22. The van der Waals surface area contributed by atoms with Crippen LogP contribution in [-0.4, -0.2) is 75.8 Å². The van der Waals surface area contributed by atoms with E-state index >= 15 is 0 Å². The molecule has 44 heavy (non-hydrogen) atoms. The molecule has 0 unspecified atom stereocenters. The Kier molecular flexibility index (Phi) is 13.3. The summed E-state index contributed by atoms with van der Waals surface area (Å²) in [7, 11) is -3.68. The molecule has 0 aliphatic rings. The first-order valence-electron chi connectivity index (χ1n) is 14.2. The molecule has 0 saturated heterocycles. The predicted molar refractivity (Wildman–Crippen MR) is 171 cm³/mol. The maximum atomic E-state index is 12.8. The molecule has 1 aromatic heterocycles. The number of rotatable bonds is 18. The number of ether oxygens (including phenoxy) is 2. The van der Waals surface area contributed by atoms with Crippen LogP contribution in [0.1, 0.15) is 26.3 Å². The van der Waals surface area contributed by atoms with Gasteiger partial charge in [0, 0.05) is 48.3 Å². The van der Waals surface area contributed by atoms with E-state index in [0.29, 0.717) is 56.9 Å². The number of hydrogen-bond acceptors (Lipinski definition) is 12. The molecule has 2 aromatic carbocycles. The Morgan fingerprint density at radius 1 is 0.932 bits per heavy atom. The highest BCUT2D eigenvalue weighted by Crippen LogP contribution is 2.24. The summed E-state index contributed by atoms with van der Waals surface area (Å²) in [6, 6.07) is 14.0. The summed E-state index contributed by atoms with van der Waals surface area (Å²) in [6.07, 6.45) is 1.69. The van der Waals surface area contributed by atoms with Gasteiger partial charge in [-0.15, -0.1) is 0 Å². The smallest absolute Gasteiger partial charge is 0.247 e. The molecular formula is C29H43N9O5S. The van der Waals surface area contributed by atoms with Gasteiger partial charge in [-0.25, -0.2) is 24.0 Å². The first-order chi connectivity index (χ1) is 20.9. The van der Waals surface area contributed by atoms with Crippen molar-refractivity contribution in [2.24, 2.45) is 5.84 Å². The van der Waals surface area contributed by atoms with E-state index in [1.807, 2.05) is 36.6 Å². The van der Waals surface area contributed by atoms with Gasteiger partial charge >= 0.3 is 0 Å². The minimum Gasteiger partial charge on any atom is -0.492 e. The molecule has 14 nitrogen and oxygen atoms in total. The molecule has 240 valence electrons. The van der Waals surface area contributed by atoms with E-state index < -0.39 is 15.6 Å². The van der Waals surface area contributed by atoms with Crippen molar-refractivity contribution in [1.29, 1.82) is 0 Å². The summed E-state index contributed by atoms with van der Waals surface area (Å²) in [5.41, 5.74) is 3.61. The number of nitrogens with zero attached hydrogens (tertiary/aromatic N) is 2. The van der Waals surface area contributed by atoms with Crippen molar-refractivity contribution >= 4 is 39.1 Å². The van der Waals surface area contributed by atoms with Gasteiger partial charge in [0.15, 0.2) is 0 Å². The lowest BCUT2D eigenvalue weighted by atomic mass is 10.1. The van der Waals surface area contributed by atoms with Gasteiger partial charge in [-0.05, 0) is 70.2 Å². The summed E-state index contributed by atoms with van der Waals surface area (Å²) in [5, 5.41) is 12.5. The normalized spacial score (nSPS) is 11.7. The highest BCUT2D eigenvalue weighted by molar-refractivity contribution is 7.89. The maximum Gasteiger partial charge on any atom is 0.247 e. The Labute approximate surface area is 258 Å². The van der Waals surface area contributed by atoms with Crippen molar-refractivity contribution in [3.8, 4) is 5.75 Å². The minimum atomic E-state index is -3.68. The number of carbonyl (C=O) groups is 1. The fraction of sp³-hybridized carbons (Fsp3) is 0.414. The largest absolute Gasteiger partial charge is 0.492 e. The zero-order valence-electron chi connectivity index (χ0n) is 25.6. The number of carbonyl (C=O) groups excluding carboxylic acids is 1. The zero-order valence-corrected chi connectivity index (χ0v) is 26.4. The first-order valence-corrected chi connectivity index (χ1v) is 15.7. The molecule has 0 atom stereocenters. The van der Waals surface area contributed by atoms with Crippen LogP contribution in [-0.2, 0) is 19.6 Å². The molecule has 0 aliphatic heterocycles. The molecule has 1 heterocycles. The van der Waals surface area contributed by atoms with Crippen molar-refractivity contribution in [3.05, 3.63) is 60.3 Å². The number of nitrogens with one attached hydrogen (secondary N) is 6. The van der Waals surface area contributed by atoms with Gasteiger partial charge in [0.1, 0.15) is 18.2 Å². The number of benzene rings is 2. The summed E-state index contributed by atoms with van der Waals surface area (Å²) in [5.74, 6) is 6.39. The van der Waals surface area contributed by atoms with Crippen molar-refractivity contribution in [3.63, 3.8) is 0 Å². The molecular weight excluding hydrogens is 586 g/mol. The molecule has 3 rings (SSSR count). The average Bonchev–Trinajstić information content (AvgIpc) is 2.97. The van der Waals surface area contributed by atoms with E-state index in [0.717, 1.165) is 17.0 Å². The van der Waals surface area contributed by atoms with Crippen LogP contribution < -0.4 is 42.0 Å². The lowest BCUT2D eigenvalue weighted by Gasteiger charge is -2.20. The first kappa shape index (κ1) is 34.6. The minimum absolute atomic E-state index is 0.159. The molecule has 8 N–H and O–H groups in total. The maximum absolute atomic E-state index is 12.8. The van der Waals surface area contributed by atoms with Crippen LogP contribution in [0.25, 0.3) is 0 Å². The molecule has 0 spiro atoms. The molecule has 0 saturated carbocycles. The van der Waals surface area contributed by atoms with Crippen LogP contribution in [0.15, 0.2) is 59.6 Å². The Morgan fingerprint density at radius 3 is 2.34 bits per heavy atom. The topological polar surface area (TPSA) is 194 Å². The monoisotopic (exact) mass is 629 g/mol. The number of hydrazine groups is 1. The van der Waals surface area contributed by atoms with Crippen molar-refractivity contribution in [2.45, 2.75) is 38.1 Å². The van der Waals surface area contributed by atoms with Gasteiger partial charge in [-0.3, -0.25) is 10.2 Å². The fourth-order valence-electron chi connectivity index (χ4n) is 3.74. The molecule has 0 radical (unpaired) electrons. The van der Waals surface area contributed by atoms with E-state index in [1.54, 1.807) is 51.2 Å². The van der Waals surface area contributed by atoms with E-state index in [4.69, 9.17) is 15.3 Å². The summed E-state index contributed by atoms with van der Waals surface area (Å²) in [4.78, 5) is 20.1. The fourth-order valence-corrected chi connectivity index (χ4v) is 5.21. The lowest BCUT2D eigenvalue weighted by Crippen LogP contribution is -2.40. The number of nitrogens with two attached hydrogens (primary N) is 1. The van der Waals surface area contributed by atoms with Gasteiger partial charge in [0.05, 0.1) is 24.7 Å². The predicted octanol–water partition coefficient (Wildman–Crippen LogP) is 1.91. The molecule has 1 amide bonds. The Balaban J connectivity index is 1.43. The zero-order chi connectivity index (χ0) is 32.0. The van der Waals surface area contributed by atoms with E-state index in [-0.39, 0.29) is 17.3 Å².